The summed E-state index contributed by atoms with van der Waals surface area (Å²) in [5.74, 6) is 0. The summed E-state index contributed by atoms with van der Waals surface area (Å²) in [6.45, 7) is 1.47. The number of hydrogen-bond donors (Lipinski definition) is 1. The van der Waals surface area contributed by atoms with Crippen molar-refractivity contribution in [2.45, 2.75) is 6.42 Å². The molecule has 0 spiro atoms. The lowest BCUT2D eigenvalue weighted by Crippen LogP contribution is -2.21. The average Bonchev–Trinajstić information content (AvgIpc) is 2.25. The van der Waals surface area contributed by atoms with E-state index >= 15 is 0 Å². The van der Waals surface area contributed by atoms with Gasteiger partial charge in [0.15, 0.2) is 0 Å². The molecule has 0 bridgehead atoms. The van der Waals surface area contributed by atoms with E-state index in [0.717, 1.165) is 18.7 Å². The van der Waals surface area contributed by atoms with Gasteiger partial charge in [-0.15, -0.1) is 0 Å². The van der Waals surface area contributed by atoms with Gasteiger partial charge >= 0.3 is 0 Å². The molecule has 0 fully saturated rings. The van der Waals surface area contributed by atoms with Gasteiger partial charge in [0.05, 0.1) is 16.3 Å². The first-order valence-electron chi connectivity index (χ1n) is 4.80. The molecule has 0 radical (unpaired) electrons. The Bertz CT molecular complexity index is 371. The van der Waals surface area contributed by atoms with E-state index in [9.17, 15) is 0 Å². The molecular formula is C11H14ClN3. The van der Waals surface area contributed by atoms with Crippen LogP contribution in [0.25, 0.3) is 0 Å². The van der Waals surface area contributed by atoms with Gasteiger partial charge in [0.25, 0.3) is 0 Å². The molecule has 0 amide bonds. The van der Waals surface area contributed by atoms with Gasteiger partial charge in [-0.1, -0.05) is 17.7 Å². The van der Waals surface area contributed by atoms with Crippen LogP contribution in [0.4, 0.5) is 5.69 Å². The van der Waals surface area contributed by atoms with Gasteiger partial charge in [0.1, 0.15) is 6.07 Å². The van der Waals surface area contributed by atoms with Crippen LogP contribution < -0.4 is 10.6 Å². The highest BCUT2D eigenvalue weighted by molar-refractivity contribution is 6.32. The molecule has 3 nitrogen and oxygen atoms in total. The SMILES string of the molecule is CN(CCCN)c1cccc(Cl)c1C#N. The standard InChI is InChI=1S/C11H14ClN3/c1-15(7-3-6-13)11-5-2-4-10(12)9(11)8-14/h2,4-5H,3,6-7,13H2,1H3. The smallest absolute Gasteiger partial charge is 0.103 e. The number of hydrogen-bond acceptors (Lipinski definition) is 3. The third-order valence-electron chi connectivity index (χ3n) is 2.21. The minimum atomic E-state index is 0.495. The lowest BCUT2D eigenvalue weighted by atomic mass is 10.1. The van der Waals surface area contributed by atoms with E-state index in [-0.39, 0.29) is 0 Å². The molecule has 0 atom stereocenters. The van der Waals surface area contributed by atoms with Gasteiger partial charge in [0.2, 0.25) is 0 Å². The number of nitrogens with two attached hydrogens (primary N) is 1. The number of halogens is 1. The lowest BCUT2D eigenvalue weighted by Gasteiger charge is -2.20. The van der Waals surface area contributed by atoms with E-state index in [4.69, 9.17) is 22.6 Å². The predicted molar refractivity (Wildman–Crippen MR) is 63.1 cm³/mol. The molecule has 0 aliphatic heterocycles. The van der Waals surface area contributed by atoms with Crippen molar-refractivity contribution >= 4 is 17.3 Å². The highest BCUT2D eigenvalue weighted by Gasteiger charge is 2.09. The Morgan fingerprint density at radius 3 is 2.87 bits per heavy atom. The van der Waals surface area contributed by atoms with Crippen LogP contribution in [0.5, 0.6) is 0 Å². The number of anilines is 1. The number of nitrogens with zero attached hydrogens (tertiary/aromatic N) is 2. The van der Waals surface area contributed by atoms with Gasteiger partial charge in [-0.05, 0) is 25.1 Å². The van der Waals surface area contributed by atoms with E-state index in [0.29, 0.717) is 17.1 Å². The molecule has 1 aromatic carbocycles. The Balaban J connectivity index is 2.93. The Labute approximate surface area is 95.1 Å². The summed E-state index contributed by atoms with van der Waals surface area (Å²) in [5.41, 5.74) is 6.82. The molecule has 2 N–H and O–H groups in total. The molecule has 0 aliphatic rings. The summed E-state index contributed by atoms with van der Waals surface area (Å²) in [7, 11) is 1.93. The van der Waals surface area contributed by atoms with E-state index in [1.807, 2.05) is 24.1 Å². The van der Waals surface area contributed by atoms with E-state index in [1.54, 1.807) is 6.07 Å². The van der Waals surface area contributed by atoms with Crippen LogP contribution in [-0.4, -0.2) is 20.1 Å². The maximum atomic E-state index is 8.99. The predicted octanol–water partition coefficient (Wildman–Crippen LogP) is 2.00. The molecule has 0 saturated heterocycles. The minimum Gasteiger partial charge on any atom is -0.373 e. The summed E-state index contributed by atoms with van der Waals surface area (Å²) >= 11 is 5.93. The first kappa shape index (κ1) is 11.8. The fourth-order valence-electron chi connectivity index (χ4n) is 1.39. The normalized spacial score (nSPS) is 9.73. The van der Waals surface area contributed by atoms with Crippen molar-refractivity contribution in [1.82, 2.24) is 0 Å². The van der Waals surface area contributed by atoms with Crippen LogP contribution in [0.3, 0.4) is 0 Å². The Kier molecular flexibility index (Phi) is 4.41. The topological polar surface area (TPSA) is 53.0 Å². The largest absolute Gasteiger partial charge is 0.373 e. The fraction of sp³-hybridized carbons (Fsp3) is 0.364. The monoisotopic (exact) mass is 223 g/mol. The van der Waals surface area contributed by atoms with Crippen LogP contribution >= 0.6 is 11.6 Å². The zero-order valence-corrected chi connectivity index (χ0v) is 9.46. The second-order valence-electron chi connectivity index (χ2n) is 3.31. The summed E-state index contributed by atoms with van der Waals surface area (Å²) in [5, 5.41) is 9.48. The van der Waals surface area contributed by atoms with Crippen molar-refractivity contribution in [3.63, 3.8) is 0 Å². The zero-order chi connectivity index (χ0) is 11.3. The highest BCUT2D eigenvalue weighted by atomic mass is 35.5. The first-order valence-corrected chi connectivity index (χ1v) is 5.18. The molecule has 1 rings (SSSR count). The van der Waals surface area contributed by atoms with E-state index in [1.165, 1.54) is 0 Å². The van der Waals surface area contributed by atoms with Crippen LogP contribution in [-0.2, 0) is 0 Å². The Morgan fingerprint density at radius 1 is 1.53 bits per heavy atom. The molecule has 15 heavy (non-hydrogen) atoms. The first-order chi connectivity index (χ1) is 7.20. The van der Waals surface area contributed by atoms with E-state index < -0.39 is 0 Å². The Hall–Kier alpha value is -1.24. The lowest BCUT2D eigenvalue weighted by molar-refractivity contribution is 0.795. The van der Waals surface area contributed by atoms with E-state index in [2.05, 4.69) is 6.07 Å². The van der Waals surface area contributed by atoms with Crippen molar-refractivity contribution < 1.29 is 0 Å². The third-order valence-corrected chi connectivity index (χ3v) is 2.53. The molecule has 0 aromatic heterocycles. The van der Waals surface area contributed by atoms with Crippen molar-refractivity contribution in [3.8, 4) is 6.07 Å². The van der Waals surface area contributed by atoms with Gasteiger partial charge in [-0.3, -0.25) is 0 Å². The van der Waals surface area contributed by atoms with Crippen LogP contribution in [0.1, 0.15) is 12.0 Å². The molecule has 0 heterocycles. The zero-order valence-electron chi connectivity index (χ0n) is 8.70. The second kappa shape index (κ2) is 5.59. The summed E-state index contributed by atoms with van der Waals surface area (Å²) < 4.78 is 0. The average molecular weight is 224 g/mol. The molecular weight excluding hydrogens is 210 g/mol. The van der Waals surface area contributed by atoms with Gasteiger partial charge in [-0.25, -0.2) is 0 Å². The van der Waals surface area contributed by atoms with Gasteiger partial charge in [0, 0.05) is 13.6 Å². The third kappa shape index (κ3) is 2.85. The minimum absolute atomic E-state index is 0.495. The van der Waals surface area contributed by atoms with Crippen LogP contribution in [0, 0.1) is 11.3 Å². The molecule has 0 aliphatic carbocycles. The summed E-state index contributed by atoms with van der Waals surface area (Å²) in [4.78, 5) is 2.00. The van der Waals surface area contributed by atoms with Gasteiger partial charge in [-0.2, -0.15) is 5.26 Å². The highest BCUT2D eigenvalue weighted by Crippen LogP contribution is 2.25. The Morgan fingerprint density at radius 2 is 2.27 bits per heavy atom. The van der Waals surface area contributed by atoms with Gasteiger partial charge < -0.3 is 10.6 Å². The van der Waals surface area contributed by atoms with Crippen molar-refractivity contribution in [1.29, 1.82) is 5.26 Å². The van der Waals surface area contributed by atoms with Crippen molar-refractivity contribution in [2.24, 2.45) is 5.73 Å². The molecule has 80 valence electrons. The van der Waals surface area contributed by atoms with Crippen molar-refractivity contribution in [2.75, 3.05) is 25.0 Å². The number of rotatable bonds is 4. The van der Waals surface area contributed by atoms with Crippen molar-refractivity contribution in [3.05, 3.63) is 28.8 Å². The number of benzene rings is 1. The maximum Gasteiger partial charge on any atom is 0.103 e. The quantitative estimate of drug-likeness (QED) is 0.850. The summed E-state index contributed by atoms with van der Waals surface area (Å²) in [6.07, 6.45) is 0.897. The maximum absolute atomic E-state index is 8.99. The fourth-order valence-corrected chi connectivity index (χ4v) is 1.60. The molecule has 0 unspecified atom stereocenters. The molecule has 0 saturated carbocycles. The number of nitriles is 1. The summed E-state index contributed by atoms with van der Waals surface area (Å²) in [6, 6.07) is 7.57. The molecule has 4 heteroatoms. The van der Waals surface area contributed by atoms with Crippen LogP contribution in [0.2, 0.25) is 5.02 Å². The second-order valence-corrected chi connectivity index (χ2v) is 3.72. The molecule has 1 aromatic rings. The van der Waals surface area contributed by atoms with Crippen LogP contribution in [0.15, 0.2) is 18.2 Å².